The molecule has 0 fully saturated rings. The smallest absolute Gasteiger partial charge is 0.325 e. The lowest BCUT2D eigenvalue weighted by atomic mass is 10.0. The number of hydrogen-bond donors (Lipinski definition) is 2. The predicted octanol–water partition coefficient (Wildman–Crippen LogP) is 1.10. The summed E-state index contributed by atoms with van der Waals surface area (Å²) in [6, 6.07) is 2.21. The first-order valence-corrected chi connectivity index (χ1v) is 4.72. The van der Waals surface area contributed by atoms with Gasteiger partial charge in [-0.2, -0.15) is 0 Å². The van der Waals surface area contributed by atoms with E-state index in [1.165, 1.54) is 14.2 Å². The van der Waals surface area contributed by atoms with E-state index in [-0.39, 0.29) is 0 Å². The van der Waals surface area contributed by atoms with E-state index in [9.17, 15) is 4.79 Å². The maximum absolute atomic E-state index is 10.9. The fraction of sp³-hybridized carbons (Fsp3) is 0.364. The van der Waals surface area contributed by atoms with Crippen molar-refractivity contribution >= 4 is 5.97 Å². The van der Waals surface area contributed by atoms with E-state index in [2.05, 4.69) is 0 Å². The van der Waals surface area contributed by atoms with Crippen molar-refractivity contribution in [3.05, 3.63) is 23.3 Å². The van der Waals surface area contributed by atoms with Crippen LogP contribution in [0.5, 0.6) is 11.5 Å². The first-order valence-electron chi connectivity index (χ1n) is 4.72. The number of carboxylic acids is 1. The Hall–Kier alpha value is -1.75. The molecule has 0 aliphatic rings. The Morgan fingerprint density at radius 3 is 2.44 bits per heavy atom. The molecular formula is C11H15NO4. The number of aliphatic carboxylic acids is 1. The third-order valence-corrected chi connectivity index (χ3v) is 2.32. The van der Waals surface area contributed by atoms with Gasteiger partial charge in [0, 0.05) is 5.56 Å². The monoisotopic (exact) mass is 225 g/mol. The number of nitrogens with two attached hydrogens (primary N) is 1. The topological polar surface area (TPSA) is 81.8 Å². The molecule has 3 N–H and O–H groups in total. The molecule has 1 atom stereocenters. The number of ether oxygens (including phenoxy) is 2. The molecule has 0 aliphatic heterocycles. The molecule has 1 unspecified atom stereocenters. The number of rotatable bonds is 4. The third kappa shape index (κ3) is 2.25. The van der Waals surface area contributed by atoms with Crippen LogP contribution >= 0.6 is 0 Å². The van der Waals surface area contributed by atoms with Gasteiger partial charge in [0.1, 0.15) is 17.5 Å². The highest BCUT2D eigenvalue weighted by Crippen LogP contribution is 2.32. The van der Waals surface area contributed by atoms with Gasteiger partial charge in [-0.05, 0) is 24.6 Å². The summed E-state index contributed by atoms with van der Waals surface area (Å²) in [6.45, 7) is 1.80. The number of methoxy groups -OCH3 is 2. The summed E-state index contributed by atoms with van der Waals surface area (Å²) >= 11 is 0. The molecule has 0 spiro atoms. The zero-order valence-corrected chi connectivity index (χ0v) is 9.48. The zero-order valence-electron chi connectivity index (χ0n) is 9.48. The van der Waals surface area contributed by atoms with Crippen LogP contribution in [0, 0.1) is 6.92 Å². The summed E-state index contributed by atoms with van der Waals surface area (Å²) in [5.41, 5.74) is 6.77. The van der Waals surface area contributed by atoms with E-state index in [4.69, 9.17) is 20.3 Å². The minimum Gasteiger partial charge on any atom is -0.497 e. The highest BCUT2D eigenvalue weighted by molar-refractivity contribution is 5.77. The number of hydrogen-bond acceptors (Lipinski definition) is 4. The van der Waals surface area contributed by atoms with E-state index in [0.29, 0.717) is 17.1 Å². The van der Waals surface area contributed by atoms with Crippen molar-refractivity contribution in [2.24, 2.45) is 5.73 Å². The van der Waals surface area contributed by atoms with Crippen LogP contribution in [0.3, 0.4) is 0 Å². The van der Waals surface area contributed by atoms with Gasteiger partial charge in [0.15, 0.2) is 0 Å². The number of carboxylic acid groups (broad SMARTS) is 1. The van der Waals surface area contributed by atoms with Crippen molar-refractivity contribution in [1.82, 2.24) is 0 Å². The first kappa shape index (κ1) is 12.3. The van der Waals surface area contributed by atoms with Gasteiger partial charge in [0.05, 0.1) is 14.2 Å². The van der Waals surface area contributed by atoms with Crippen molar-refractivity contribution in [3.8, 4) is 11.5 Å². The van der Waals surface area contributed by atoms with E-state index < -0.39 is 12.0 Å². The molecule has 0 aromatic heterocycles. The van der Waals surface area contributed by atoms with Gasteiger partial charge in [-0.1, -0.05) is 0 Å². The molecule has 1 aromatic rings. The Bertz CT molecular complexity index is 403. The molecule has 16 heavy (non-hydrogen) atoms. The maximum atomic E-state index is 10.9. The standard InChI is InChI=1S/C11H15NO4/c1-6-4-7(15-2)5-8(10(6)16-3)9(12)11(13)14/h4-5,9H,12H2,1-3H3,(H,13,14). The molecule has 0 saturated heterocycles. The predicted molar refractivity (Wildman–Crippen MR) is 58.8 cm³/mol. The highest BCUT2D eigenvalue weighted by atomic mass is 16.5. The molecule has 0 heterocycles. The zero-order chi connectivity index (χ0) is 12.3. The summed E-state index contributed by atoms with van der Waals surface area (Å²) in [5.74, 6) is -0.0633. The molecule has 88 valence electrons. The van der Waals surface area contributed by atoms with Crippen molar-refractivity contribution < 1.29 is 19.4 Å². The normalized spacial score (nSPS) is 12.0. The van der Waals surface area contributed by atoms with Crippen LogP contribution in [0.25, 0.3) is 0 Å². The van der Waals surface area contributed by atoms with Crippen molar-refractivity contribution in [3.63, 3.8) is 0 Å². The molecule has 0 bridgehead atoms. The van der Waals surface area contributed by atoms with Gasteiger partial charge < -0.3 is 20.3 Å². The highest BCUT2D eigenvalue weighted by Gasteiger charge is 2.21. The maximum Gasteiger partial charge on any atom is 0.325 e. The van der Waals surface area contributed by atoms with E-state index in [1.807, 2.05) is 0 Å². The van der Waals surface area contributed by atoms with Gasteiger partial charge in [0.25, 0.3) is 0 Å². The van der Waals surface area contributed by atoms with Gasteiger partial charge in [-0.15, -0.1) is 0 Å². The molecule has 0 aliphatic carbocycles. The lowest BCUT2D eigenvalue weighted by molar-refractivity contribution is -0.138. The SMILES string of the molecule is COc1cc(C)c(OC)c(C(N)C(=O)O)c1. The molecule has 0 saturated carbocycles. The van der Waals surface area contributed by atoms with Gasteiger partial charge in [-0.3, -0.25) is 4.79 Å². The molecule has 5 nitrogen and oxygen atoms in total. The summed E-state index contributed by atoms with van der Waals surface area (Å²) in [5, 5.41) is 8.89. The number of benzene rings is 1. The second kappa shape index (κ2) is 4.85. The number of aryl methyl sites for hydroxylation is 1. The van der Waals surface area contributed by atoms with E-state index in [1.54, 1.807) is 19.1 Å². The third-order valence-electron chi connectivity index (χ3n) is 2.32. The lowest BCUT2D eigenvalue weighted by Crippen LogP contribution is -2.21. The van der Waals surface area contributed by atoms with Crippen LogP contribution in [0.4, 0.5) is 0 Å². The van der Waals surface area contributed by atoms with Gasteiger partial charge in [-0.25, -0.2) is 0 Å². The minimum atomic E-state index is -1.12. The molecule has 5 heteroatoms. The summed E-state index contributed by atoms with van der Waals surface area (Å²) < 4.78 is 10.2. The Morgan fingerprint density at radius 1 is 1.38 bits per heavy atom. The minimum absolute atomic E-state index is 0.409. The molecule has 1 rings (SSSR count). The van der Waals surface area contributed by atoms with Crippen LogP contribution in [0.1, 0.15) is 17.2 Å². The van der Waals surface area contributed by atoms with Crippen LogP contribution in [0.15, 0.2) is 12.1 Å². The van der Waals surface area contributed by atoms with Crippen molar-refractivity contribution in [2.75, 3.05) is 14.2 Å². The Balaban J connectivity index is 3.33. The summed E-state index contributed by atoms with van der Waals surface area (Å²) in [6.07, 6.45) is 0. The van der Waals surface area contributed by atoms with Gasteiger partial charge in [0.2, 0.25) is 0 Å². The number of carbonyl (C=O) groups is 1. The van der Waals surface area contributed by atoms with Gasteiger partial charge >= 0.3 is 5.97 Å². The summed E-state index contributed by atoms with van der Waals surface area (Å²) in [4.78, 5) is 10.9. The van der Waals surface area contributed by atoms with Crippen LogP contribution in [-0.4, -0.2) is 25.3 Å². The average molecular weight is 225 g/mol. The Labute approximate surface area is 93.8 Å². The van der Waals surface area contributed by atoms with Crippen molar-refractivity contribution in [1.29, 1.82) is 0 Å². The quantitative estimate of drug-likeness (QED) is 0.801. The Morgan fingerprint density at radius 2 is 2.00 bits per heavy atom. The van der Waals surface area contributed by atoms with E-state index in [0.717, 1.165) is 5.56 Å². The largest absolute Gasteiger partial charge is 0.497 e. The molecule has 0 amide bonds. The first-order chi connectivity index (χ1) is 7.51. The van der Waals surface area contributed by atoms with Crippen LogP contribution in [-0.2, 0) is 4.79 Å². The molecule has 0 radical (unpaired) electrons. The second-order valence-electron chi connectivity index (χ2n) is 3.38. The summed E-state index contributed by atoms with van der Waals surface area (Å²) in [7, 11) is 2.99. The van der Waals surface area contributed by atoms with Crippen molar-refractivity contribution in [2.45, 2.75) is 13.0 Å². The fourth-order valence-electron chi connectivity index (χ4n) is 1.53. The second-order valence-corrected chi connectivity index (χ2v) is 3.38. The average Bonchev–Trinajstić information content (AvgIpc) is 2.26. The molecular weight excluding hydrogens is 210 g/mol. The van der Waals surface area contributed by atoms with Crippen LogP contribution in [0.2, 0.25) is 0 Å². The van der Waals surface area contributed by atoms with Crippen LogP contribution < -0.4 is 15.2 Å². The fourth-order valence-corrected chi connectivity index (χ4v) is 1.53. The molecule has 1 aromatic carbocycles. The Kier molecular flexibility index (Phi) is 3.73. The lowest BCUT2D eigenvalue weighted by Gasteiger charge is -2.16. The van der Waals surface area contributed by atoms with E-state index >= 15 is 0 Å².